The van der Waals surface area contributed by atoms with E-state index in [4.69, 9.17) is 23.2 Å². The summed E-state index contributed by atoms with van der Waals surface area (Å²) < 4.78 is 13.6. The molecule has 0 aliphatic heterocycles. The molecular formula is C10H11Cl2FI-. The average molecular weight is 348 g/mol. The minimum absolute atomic E-state index is 0.0286. The molecule has 4 heteroatoms. The van der Waals surface area contributed by atoms with Gasteiger partial charge in [0.25, 0.3) is 0 Å². The Bertz CT molecular complexity index is 326. The van der Waals surface area contributed by atoms with Crippen LogP contribution in [0.5, 0.6) is 0 Å². The van der Waals surface area contributed by atoms with Crippen molar-refractivity contribution < 1.29 is 25.6 Å². The van der Waals surface area contributed by atoms with Crippen LogP contribution in [0, 0.1) is 12.7 Å². The van der Waals surface area contributed by atoms with Crippen molar-refractivity contribution in [1.82, 2.24) is 0 Å². The van der Waals surface area contributed by atoms with Crippen molar-refractivity contribution in [3.8, 4) is 0 Å². The van der Waals surface area contributed by atoms with Crippen molar-refractivity contribution in [2.45, 2.75) is 17.8 Å². The van der Waals surface area contributed by atoms with Crippen LogP contribution in [-0.4, -0.2) is 4.93 Å². The van der Waals surface area contributed by atoms with Crippen LogP contribution >= 0.6 is 23.2 Å². The summed E-state index contributed by atoms with van der Waals surface area (Å²) in [6, 6.07) is 1.38. The van der Waals surface area contributed by atoms with Gasteiger partial charge in [0, 0.05) is 0 Å². The molecule has 0 saturated carbocycles. The molecule has 1 unspecified atom stereocenters. The summed E-state index contributed by atoms with van der Waals surface area (Å²) in [5, 5.41) is 0.806. The second kappa shape index (κ2) is 4.99. The van der Waals surface area contributed by atoms with Gasteiger partial charge in [-0.25, -0.2) is 0 Å². The van der Waals surface area contributed by atoms with Crippen molar-refractivity contribution in [2.24, 2.45) is 0 Å². The first kappa shape index (κ1) is 12.5. The molecule has 0 radical (unpaired) electrons. The Kier molecular flexibility index (Phi) is 4.47. The zero-order valence-electron chi connectivity index (χ0n) is 8.17. The monoisotopic (exact) mass is 347 g/mol. The molecule has 0 heterocycles. The normalized spacial score (nSPS) is 13.3. The summed E-state index contributed by atoms with van der Waals surface area (Å²) in [4.78, 5) is 2.14. The van der Waals surface area contributed by atoms with Gasteiger partial charge in [0.1, 0.15) is 0 Å². The number of hydrogen-bond acceptors (Lipinski definition) is 0. The van der Waals surface area contributed by atoms with E-state index in [-0.39, 0.29) is 32.0 Å². The first-order valence-electron chi connectivity index (χ1n) is 4.11. The van der Waals surface area contributed by atoms with Crippen LogP contribution in [-0.2, 0) is 0 Å². The minimum atomic E-state index is -0.368. The first-order valence-corrected chi connectivity index (χ1v) is 8.27. The fraction of sp³-hybridized carbons (Fsp3) is 0.400. The van der Waals surface area contributed by atoms with Crippen LogP contribution in [0.4, 0.5) is 4.39 Å². The van der Waals surface area contributed by atoms with Gasteiger partial charge in [-0.15, -0.1) is 0 Å². The molecule has 0 saturated heterocycles. The van der Waals surface area contributed by atoms with Gasteiger partial charge < -0.3 is 0 Å². The molecule has 1 aromatic carbocycles. The predicted molar refractivity (Wildman–Crippen MR) is 55.5 cm³/mol. The molecule has 0 fully saturated rings. The molecule has 0 nitrogen and oxygen atoms in total. The van der Waals surface area contributed by atoms with Gasteiger partial charge in [-0.3, -0.25) is 0 Å². The fourth-order valence-corrected chi connectivity index (χ4v) is 3.50. The number of alkyl halides is 2. The summed E-state index contributed by atoms with van der Waals surface area (Å²) in [6.07, 6.45) is 0. The van der Waals surface area contributed by atoms with Gasteiger partial charge in [-0.1, -0.05) is 0 Å². The molecule has 0 aromatic heterocycles. The maximum absolute atomic E-state index is 13.3. The van der Waals surface area contributed by atoms with Crippen molar-refractivity contribution >= 4 is 23.2 Å². The summed E-state index contributed by atoms with van der Waals surface area (Å²) in [5.74, 6) is -0.368. The van der Waals surface area contributed by atoms with Crippen LogP contribution in [0.3, 0.4) is 0 Å². The van der Waals surface area contributed by atoms with E-state index in [1.807, 2.05) is 6.92 Å². The number of benzene rings is 1. The Morgan fingerprint density at radius 1 is 1.36 bits per heavy atom. The molecule has 0 N–H and O–H groups in total. The van der Waals surface area contributed by atoms with Crippen molar-refractivity contribution in [3.63, 3.8) is 0 Å². The van der Waals surface area contributed by atoms with E-state index in [1.54, 1.807) is 6.92 Å². The van der Waals surface area contributed by atoms with Gasteiger partial charge in [0.15, 0.2) is 0 Å². The molecule has 14 heavy (non-hydrogen) atoms. The summed E-state index contributed by atoms with van der Waals surface area (Å²) >= 11 is 12.0. The molecule has 0 amide bonds. The van der Waals surface area contributed by atoms with Gasteiger partial charge >= 0.3 is 105 Å². The molecule has 0 aliphatic rings. The van der Waals surface area contributed by atoms with E-state index < -0.39 is 0 Å². The van der Waals surface area contributed by atoms with Crippen molar-refractivity contribution in [1.29, 1.82) is 0 Å². The molecule has 0 aliphatic carbocycles. The molecule has 0 spiro atoms. The molecule has 0 bridgehead atoms. The maximum atomic E-state index is 13.3. The van der Waals surface area contributed by atoms with Crippen LogP contribution in [0.25, 0.3) is 0 Å². The number of aryl methyl sites for hydroxylation is 1. The Balaban J connectivity index is 3.39. The quantitative estimate of drug-likeness (QED) is 0.429. The molecule has 80 valence electrons. The number of hydrogen-bond donors (Lipinski definition) is 0. The topological polar surface area (TPSA) is 0 Å². The van der Waals surface area contributed by atoms with E-state index in [9.17, 15) is 4.39 Å². The Morgan fingerprint density at radius 3 is 2.43 bits per heavy atom. The summed E-state index contributed by atoms with van der Waals surface area (Å²) in [5.41, 5.74) is 1.54. The molecule has 1 atom stereocenters. The average Bonchev–Trinajstić information content (AvgIpc) is 2.15. The first-order chi connectivity index (χ1) is 6.49. The van der Waals surface area contributed by atoms with Crippen LogP contribution in [0.2, 0.25) is 10.0 Å². The Labute approximate surface area is 104 Å². The van der Waals surface area contributed by atoms with E-state index in [0.717, 1.165) is 11.1 Å². The summed E-state index contributed by atoms with van der Waals surface area (Å²) in [6.45, 7) is 3.84. The van der Waals surface area contributed by atoms with Crippen LogP contribution in [0.1, 0.15) is 22.0 Å². The Hall–Kier alpha value is 0.460. The van der Waals surface area contributed by atoms with E-state index in [2.05, 4.69) is 4.93 Å². The van der Waals surface area contributed by atoms with Crippen molar-refractivity contribution in [3.05, 3.63) is 33.1 Å². The zero-order valence-corrected chi connectivity index (χ0v) is 11.8. The van der Waals surface area contributed by atoms with Crippen LogP contribution < -0.4 is 21.2 Å². The second-order valence-corrected chi connectivity index (χ2v) is 6.92. The van der Waals surface area contributed by atoms with Gasteiger partial charge in [0.2, 0.25) is 0 Å². The van der Waals surface area contributed by atoms with Gasteiger partial charge in [-0.2, -0.15) is 0 Å². The summed E-state index contributed by atoms with van der Waals surface area (Å²) in [7, 11) is 0. The zero-order chi connectivity index (χ0) is 10.9. The predicted octanol–water partition coefficient (Wildman–Crippen LogP) is 1.22. The molecule has 1 aromatic rings. The molecule has 1 rings (SSSR count). The van der Waals surface area contributed by atoms with Gasteiger partial charge in [0.05, 0.1) is 0 Å². The van der Waals surface area contributed by atoms with Crippen LogP contribution in [0.15, 0.2) is 6.07 Å². The number of halogens is 4. The Morgan fingerprint density at radius 2 is 1.93 bits per heavy atom. The van der Waals surface area contributed by atoms with E-state index >= 15 is 0 Å². The van der Waals surface area contributed by atoms with Gasteiger partial charge in [-0.05, 0) is 0 Å². The van der Waals surface area contributed by atoms with E-state index in [1.165, 1.54) is 6.07 Å². The van der Waals surface area contributed by atoms with E-state index in [0.29, 0.717) is 8.95 Å². The third-order valence-corrected chi connectivity index (χ3v) is 5.47. The standard InChI is InChI=1S/C10H11Cl2FI/c1-5-4-7(13)10(12)8(9(5)11)6(2)14-3/h4,6H,1-3H3/q-1. The number of rotatable bonds is 2. The third kappa shape index (κ3) is 2.34. The van der Waals surface area contributed by atoms with Crippen molar-refractivity contribution in [2.75, 3.05) is 4.93 Å². The third-order valence-electron chi connectivity index (χ3n) is 2.10. The fourth-order valence-electron chi connectivity index (χ4n) is 1.21. The second-order valence-electron chi connectivity index (χ2n) is 3.05. The molecular weight excluding hydrogens is 337 g/mol. The SMILES string of the molecule is C[I-]C(C)c1c(Cl)c(C)cc(F)c1Cl.